The van der Waals surface area contributed by atoms with Gasteiger partial charge in [-0.1, -0.05) is 24.4 Å². The molecule has 1 saturated carbocycles. The van der Waals surface area contributed by atoms with Crippen molar-refractivity contribution in [1.82, 2.24) is 5.32 Å². The van der Waals surface area contributed by atoms with Gasteiger partial charge in [-0.2, -0.15) is 5.26 Å². The molecule has 0 aromatic heterocycles. The molecule has 0 bridgehead atoms. The highest BCUT2D eigenvalue weighted by Gasteiger charge is 2.17. The summed E-state index contributed by atoms with van der Waals surface area (Å²) in [6.07, 6.45) is 5.66. The predicted molar refractivity (Wildman–Crippen MR) is 85.8 cm³/mol. The molecule has 0 heterocycles. The van der Waals surface area contributed by atoms with Gasteiger partial charge in [-0.3, -0.25) is 14.9 Å². The lowest BCUT2D eigenvalue weighted by molar-refractivity contribution is -0.384. The number of carbonyl (C=O) groups is 1. The largest absolute Gasteiger partial charge is 0.387 e. The summed E-state index contributed by atoms with van der Waals surface area (Å²) in [6, 6.07) is 5.79. The van der Waals surface area contributed by atoms with Crippen LogP contribution in [0.1, 0.15) is 25.7 Å². The fraction of sp³-hybridized carbons (Fsp3) is 0.333. The van der Waals surface area contributed by atoms with Crippen molar-refractivity contribution in [2.75, 3.05) is 5.32 Å². The van der Waals surface area contributed by atoms with E-state index in [0.717, 1.165) is 31.7 Å². The van der Waals surface area contributed by atoms with Crippen molar-refractivity contribution < 1.29 is 9.72 Å². The van der Waals surface area contributed by atoms with Crippen LogP contribution in [0, 0.1) is 21.4 Å². The number of benzene rings is 1. The van der Waals surface area contributed by atoms with Crippen LogP contribution in [0.3, 0.4) is 0 Å². The smallest absolute Gasteiger partial charge is 0.271 e. The minimum Gasteiger partial charge on any atom is -0.387 e. The Morgan fingerprint density at radius 1 is 1.43 bits per heavy atom. The molecule has 0 unspecified atom stereocenters. The van der Waals surface area contributed by atoms with E-state index >= 15 is 0 Å². The fourth-order valence-electron chi connectivity index (χ4n) is 2.35. The number of amides is 1. The van der Waals surface area contributed by atoms with E-state index in [0.29, 0.717) is 0 Å². The number of hydrogen-bond acceptors (Lipinski definition) is 5. The molecule has 23 heavy (non-hydrogen) atoms. The van der Waals surface area contributed by atoms with Crippen molar-refractivity contribution in [2.24, 2.45) is 0 Å². The third-order valence-electron chi connectivity index (χ3n) is 3.59. The second-order valence-electron chi connectivity index (χ2n) is 5.19. The van der Waals surface area contributed by atoms with Crippen molar-refractivity contribution in [1.29, 1.82) is 5.26 Å². The average molecular weight is 335 g/mol. The van der Waals surface area contributed by atoms with Crippen molar-refractivity contribution in [3.05, 3.63) is 45.1 Å². The zero-order valence-corrected chi connectivity index (χ0v) is 13.0. The number of anilines is 1. The van der Waals surface area contributed by atoms with Crippen LogP contribution in [0.5, 0.6) is 0 Å². The summed E-state index contributed by atoms with van der Waals surface area (Å²) in [5.41, 5.74) is -0.219. The maximum Gasteiger partial charge on any atom is 0.271 e. The van der Waals surface area contributed by atoms with Gasteiger partial charge in [0.25, 0.3) is 11.6 Å². The monoisotopic (exact) mass is 334 g/mol. The molecular weight excluding hydrogens is 320 g/mol. The molecule has 1 aliphatic carbocycles. The Kier molecular flexibility index (Phi) is 5.55. The highest BCUT2D eigenvalue weighted by atomic mass is 35.5. The lowest BCUT2D eigenvalue weighted by Crippen LogP contribution is -2.23. The van der Waals surface area contributed by atoms with Gasteiger partial charge >= 0.3 is 0 Å². The van der Waals surface area contributed by atoms with Gasteiger partial charge in [0.15, 0.2) is 0 Å². The van der Waals surface area contributed by atoms with E-state index in [4.69, 9.17) is 16.9 Å². The van der Waals surface area contributed by atoms with Crippen LogP contribution >= 0.6 is 11.6 Å². The van der Waals surface area contributed by atoms with Crippen LogP contribution in [0.25, 0.3) is 0 Å². The first-order valence-electron chi connectivity index (χ1n) is 7.13. The molecule has 2 rings (SSSR count). The van der Waals surface area contributed by atoms with Crippen LogP contribution in [0.15, 0.2) is 30.0 Å². The average Bonchev–Trinajstić information content (AvgIpc) is 3.03. The van der Waals surface area contributed by atoms with Gasteiger partial charge in [-0.15, -0.1) is 0 Å². The molecule has 0 spiro atoms. The lowest BCUT2D eigenvalue weighted by Gasteiger charge is -2.10. The van der Waals surface area contributed by atoms with Gasteiger partial charge in [0.05, 0.1) is 15.6 Å². The van der Waals surface area contributed by atoms with E-state index in [1.165, 1.54) is 18.3 Å². The summed E-state index contributed by atoms with van der Waals surface area (Å²) in [6.45, 7) is 0. The molecule has 1 fully saturated rings. The Balaban J connectivity index is 2.10. The Hall–Kier alpha value is -2.59. The molecule has 1 aromatic rings. The van der Waals surface area contributed by atoms with Crippen molar-refractivity contribution in [2.45, 2.75) is 31.7 Å². The predicted octanol–water partition coefficient (Wildman–Crippen LogP) is 3.13. The highest BCUT2D eigenvalue weighted by molar-refractivity contribution is 6.34. The number of nitro groups is 1. The van der Waals surface area contributed by atoms with E-state index in [2.05, 4.69) is 10.6 Å². The zero-order chi connectivity index (χ0) is 16.8. The summed E-state index contributed by atoms with van der Waals surface area (Å²) >= 11 is 5.92. The molecular formula is C15H15ClN4O3. The SMILES string of the molecule is N#C/C(=C/NC1CCCC1)C(=O)Nc1cc([N+](=O)[O-])ccc1Cl. The van der Waals surface area contributed by atoms with E-state index in [1.54, 1.807) is 0 Å². The summed E-state index contributed by atoms with van der Waals surface area (Å²) < 4.78 is 0. The molecule has 0 saturated heterocycles. The molecule has 1 aliphatic rings. The highest BCUT2D eigenvalue weighted by Crippen LogP contribution is 2.27. The number of nitro benzene ring substituents is 1. The van der Waals surface area contributed by atoms with Crippen LogP contribution in [0.4, 0.5) is 11.4 Å². The van der Waals surface area contributed by atoms with Crippen LogP contribution < -0.4 is 10.6 Å². The molecule has 1 aromatic carbocycles. The Bertz CT molecular complexity index is 690. The van der Waals surface area contributed by atoms with E-state index in [9.17, 15) is 14.9 Å². The fourth-order valence-corrected chi connectivity index (χ4v) is 2.52. The van der Waals surface area contributed by atoms with Gasteiger partial charge in [-0.05, 0) is 18.9 Å². The number of hydrogen-bond donors (Lipinski definition) is 2. The maximum atomic E-state index is 12.1. The Morgan fingerprint density at radius 2 is 2.13 bits per heavy atom. The Labute approximate surface area is 138 Å². The van der Waals surface area contributed by atoms with Crippen LogP contribution in [-0.4, -0.2) is 16.9 Å². The van der Waals surface area contributed by atoms with Crippen LogP contribution in [0.2, 0.25) is 5.02 Å². The third kappa shape index (κ3) is 4.44. The number of rotatable bonds is 5. The van der Waals surface area contributed by atoms with Gasteiger partial charge in [-0.25, -0.2) is 0 Å². The number of nitrogens with zero attached hydrogens (tertiary/aromatic N) is 2. The minimum absolute atomic E-state index is 0.0906. The standard InChI is InChI=1S/C15H15ClN4O3/c16-13-6-5-12(20(22)23)7-14(13)19-15(21)10(8-17)9-18-11-3-1-2-4-11/h5-7,9,11,18H,1-4H2,(H,19,21)/b10-9-. The molecule has 8 heteroatoms. The molecule has 2 N–H and O–H groups in total. The van der Waals surface area contributed by atoms with Crippen molar-refractivity contribution in [3.63, 3.8) is 0 Å². The third-order valence-corrected chi connectivity index (χ3v) is 3.92. The first kappa shape index (κ1) is 16.8. The lowest BCUT2D eigenvalue weighted by atomic mass is 10.2. The number of carbonyl (C=O) groups excluding carboxylic acids is 1. The number of non-ortho nitro benzene ring substituents is 1. The maximum absolute atomic E-state index is 12.1. The molecule has 0 atom stereocenters. The quantitative estimate of drug-likeness (QED) is 0.372. The number of nitriles is 1. The molecule has 120 valence electrons. The normalized spacial score (nSPS) is 15.0. The first-order valence-corrected chi connectivity index (χ1v) is 7.50. The van der Waals surface area contributed by atoms with Crippen molar-refractivity contribution in [3.8, 4) is 6.07 Å². The minimum atomic E-state index is -0.666. The summed E-state index contributed by atoms with van der Waals surface area (Å²) in [5.74, 6) is -0.666. The first-order chi connectivity index (χ1) is 11.0. The van der Waals surface area contributed by atoms with Gasteiger partial charge in [0, 0.05) is 24.4 Å². The molecule has 7 nitrogen and oxygen atoms in total. The second kappa shape index (κ2) is 7.61. The molecule has 0 aliphatic heterocycles. The molecule has 0 radical (unpaired) electrons. The summed E-state index contributed by atoms with van der Waals surface area (Å²) in [5, 5.41) is 25.5. The van der Waals surface area contributed by atoms with E-state index in [1.807, 2.05) is 6.07 Å². The molecule has 1 amide bonds. The topological polar surface area (TPSA) is 108 Å². The van der Waals surface area contributed by atoms with E-state index in [-0.39, 0.29) is 28.0 Å². The van der Waals surface area contributed by atoms with Crippen molar-refractivity contribution >= 4 is 28.9 Å². The number of nitrogens with one attached hydrogen (secondary N) is 2. The number of halogens is 1. The summed E-state index contributed by atoms with van der Waals surface area (Å²) in [4.78, 5) is 22.3. The van der Waals surface area contributed by atoms with Gasteiger partial charge < -0.3 is 10.6 Å². The second-order valence-corrected chi connectivity index (χ2v) is 5.60. The van der Waals surface area contributed by atoms with E-state index < -0.39 is 10.8 Å². The van der Waals surface area contributed by atoms with Gasteiger partial charge in [0.2, 0.25) is 0 Å². The summed E-state index contributed by atoms with van der Waals surface area (Å²) in [7, 11) is 0. The van der Waals surface area contributed by atoms with Crippen LogP contribution in [-0.2, 0) is 4.79 Å². The van der Waals surface area contributed by atoms with Gasteiger partial charge in [0.1, 0.15) is 11.6 Å². The Morgan fingerprint density at radius 3 is 2.74 bits per heavy atom. The zero-order valence-electron chi connectivity index (χ0n) is 12.2.